The third-order valence-corrected chi connectivity index (χ3v) is 1.53. The first-order chi connectivity index (χ1) is 5.27. The van der Waals surface area contributed by atoms with Crippen molar-refractivity contribution in [2.24, 2.45) is 0 Å². The molecular weight excluding hydrogens is 164 g/mol. The Morgan fingerprint density at radius 2 is 2.36 bits per heavy atom. The molecule has 0 unspecified atom stereocenters. The van der Waals surface area contributed by atoms with Gasteiger partial charge in [0, 0.05) is 0 Å². The Morgan fingerprint density at radius 1 is 1.55 bits per heavy atom. The number of hydrogen-bond acceptors (Lipinski definition) is 3. The van der Waals surface area contributed by atoms with Crippen molar-refractivity contribution < 1.29 is 0 Å². The van der Waals surface area contributed by atoms with Gasteiger partial charge < -0.3 is 0 Å². The van der Waals surface area contributed by atoms with Crippen LogP contribution < -0.4 is 5.69 Å². The van der Waals surface area contributed by atoms with Gasteiger partial charge in [-0.15, -0.1) is 0 Å². The number of nitrogens with one attached hydrogen (secondary N) is 2. The van der Waals surface area contributed by atoms with Crippen LogP contribution in [-0.2, 0) is 0 Å². The zero-order valence-electron chi connectivity index (χ0n) is 5.37. The fourth-order valence-corrected chi connectivity index (χ4v) is 0.986. The third kappa shape index (κ3) is 0.874. The molecule has 0 radical (unpaired) electrons. The molecule has 0 bridgehead atoms. The van der Waals surface area contributed by atoms with Gasteiger partial charge in [-0.2, -0.15) is 9.61 Å². The van der Waals surface area contributed by atoms with Gasteiger partial charge in [-0.1, -0.05) is 12.2 Å². The summed E-state index contributed by atoms with van der Waals surface area (Å²) in [6.45, 7) is 0. The van der Waals surface area contributed by atoms with Crippen molar-refractivity contribution in [3.63, 3.8) is 0 Å². The van der Waals surface area contributed by atoms with Gasteiger partial charge in [-0.3, -0.25) is 5.10 Å². The van der Waals surface area contributed by atoms with Gasteiger partial charge in [0.25, 0.3) is 0 Å². The van der Waals surface area contributed by atoms with Crippen molar-refractivity contribution in [1.29, 1.82) is 0 Å². The zero-order valence-corrected chi connectivity index (χ0v) is 6.18. The third-order valence-electron chi connectivity index (χ3n) is 1.30. The Balaban J connectivity index is 3.10. The molecule has 6 heteroatoms. The molecule has 0 atom stereocenters. The van der Waals surface area contributed by atoms with Crippen molar-refractivity contribution >= 4 is 17.9 Å². The van der Waals surface area contributed by atoms with E-state index in [1.807, 2.05) is 0 Å². The fourth-order valence-electron chi connectivity index (χ4n) is 0.827. The van der Waals surface area contributed by atoms with Crippen LogP contribution in [0.1, 0.15) is 0 Å². The molecule has 2 N–H and O–H groups in total. The van der Waals surface area contributed by atoms with E-state index in [0.717, 1.165) is 0 Å². The predicted octanol–water partition coefficient (Wildman–Crippen LogP) is 0.0802. The van der Waals surface area contributed by atoms with Crippen LogP contribution in [0.3, 0.4) is 0 Å². The summed E-state index contributed by atoms with van der Waals surface area (Å²) < 4.78 is 1.75. The largest absolute Gasteiger partial charge is 0.362 e. The van der Waals surface area contributed by atoms with Crippen LogP contribution in [-0.4, -0.2) is 19.8 Å². The standard InChI is InChI=1S/C5H4N4OS/c10-5-7-6-3-1-2-4(11)8-9(3)5/h1-2H,(H,7,10)(H,8,11). The van der Waals surface area contributed by atoms with Gasteiger partial charge in [-0.25, -0.2) is 9.89 Å². The Labute approximate surface area is 65.7 Å². The first-order valence-electron chi connectivity index (χ1n) is 2.94. The highest BCUT2D eigenvalue weighted by atomic mass is 32.1. The molecule has 0 fully saturated rings. The van der Waals surface area contributed by atoms with E-state index >= 15 is 0 Å². The van der Waals surface area contributed by atoms with E-state index in [0.29, 0.717) is 10.3 Å². The summed E-state index contributed by atoms with van der Waals surface area (Å²) in [5, 5.41) is 8.65. The van der Waals surface area contributed by atoms with Crippen LogP contribution in [0.4, 0.5) is 0 Å². The van der Waals surface area contributed by atoms with Crippen LogP contribution in [0.2, 0.25) is 0 Å². The highest BCUT2D eigenvalue weighted by molar-refractivity contribution is 7.71. The number of aromatic amines is 2. The molecule has 56 valence electrons. The molecule has 0 aliphatic rings. The van der Waals surface area contributed by atoms with E-state index < -0.39 is 0 Å². The normalized spacial score (nSPS) is 10.5. The van der Waals surface area contributed by atoms with Gasteiger partial charge in [0.1, 0.15) is 4.64 Å². The molecule has 0 saturated heterocycles. The molecule has 5 nitrogen and oxygen atoms in total. The molecule has 2 rings (SSSR count). The van der Waals surface area contributed by atoms with Crippen molar-refractivity contribution in [3.05, 3.63) is 27.3 Å². The number of aromatic nitrogens is 4. The Kier molecular flexibility index (Phi) is 1.16. The average molecular weight is 168 g/mol. The summed E-state index contributed by atoms with van der Waals surface area (Å²) in [5.74, 6) is 0. The molecule has 0 amide bonds. The summed E-state index contributed by atoms with van der Waals surface area (Å²) in [6.07, 6.45) is 0. The first-order valence-corrected chi connectivity index (χ1v) is 3.35. The Morgan fingerprint density at radius 3 is 3.18 bits per heavy atom. The molecule has 11 heavy (non-hydrogen) atoms. The minimum Gasteiger partial charge on any atom is -0.278 e. The molecule has 0 aliphatic carbocycles. The molecule has 2 aromatic rings. The topological polar surface area (TPSA) is 66.0 Å². The second-order valence-corrected chi connectivity index (χ2v) is 2.47. The number of nitrogens with zero attached hydrogens (tertiary/aromatic N) is 2. The minimum absolute atomic E-state index is 0.313. The molecule has 0 spiro atoms. The average Bonchev–Trinajstić information content (AvgIpc) is 2.33. The molecule has 2 aromatic heterocycles. The van der Waals surface area contributed by atoms with E-state index in [1.165, 1.54) is 4.52 Å². The molecule has 0 saturated carbocycles. The van der Waals surface area contributed by atoms with Gasteiger partial charge in [-0.05, 0) is 12.1 Å². The highest BCUT2D eigenvalue weighted by Crippen LogP contribution is 1.90. The monoisotopic (exact) mass is 168 g/mol. The maximum atomic E-state index is 10.9. The van der Waals surface area contributed by atoms with Crippen LogP contribution in [0.15, 0.2) is 16.9 Å². The van der Waals surface area contributed by atoms with Crippen LogP contribution >= 0.6 is 12.2 Å². The van der Waals surface area contributed by atoms with E-state index in [2.05, 4.69) is 15.3 Å². The maximum absolute atomic E-state index is 10.9. The summed E-state index contributed by atoms with van der Waals surface area (Å²) in [7, 11) is 0. The predicted molar refractivity (Wildman–Crippen MR) is 41.0 cm³/mol. The van der Waals surface area contributed by atoms with Gasteiger partial charge >= 0.3 is 5.69 Å². The molecule has 0 aromatic carbocycles. The second-order valence-electron chi connectivity index (χ2n) is 2.03. The van der Waals surface area contributed by atoms with Crippen molar-refractivity contribution in [1.82, 2.24) is 19.8 Å². The molecular formula is C5H4N4OS. The lowest BCUT2D eigenvalue weighted by Gasteiger charge is -1.87. The lowest BCUT2D eigenvalue weighted by Crippen LogP contribution is -2.11. The highest BCUT2D eigenvalue weighted by Gasteiger charge is 1.95. The summed E-state index contributed by atoms with van der Waals surface area (Å²) in [5.41, 5.74) is 0.218. The number of hydrogen-bond donors (Lipinski definition) is 2. The Hall–Kier alpha value is -1.43. The number of rotatable bonds is 0. The second kappa shape index (κ2) is 2.03. The lowest BCUT2D eigenvalue weighted by molar-refractivity contribution is 0.871. The van der Waals surface area contributed by atoms with Gasteiger partial charge in [0.15, 0.2) is 5.65 Å². The smallest absolute Gasteiger partial charge is 0.278 e. The summed E-state index contributed by atoms with van der Waals surface area (Å²) in [6, 6.07) is 3.34. The summed E-state index contributed by atoms with van der Waals surface area (Å²) >= 11 is 4.81. The fraction of sp³-hybridized carbons (Fsp3) is 0. The van der Waals surface area contributed by atoms with Crippen molar-refractivity contribution in [2.45, 2.75) is 0 Å². The van der Waals surface area contributed by atoms with Gasteiger partial charge in [0.05, 0.1) is 0 Å². The van der Waals surface area contributed by atoms with E-state index in [9.17, 15) is 4.79 Å². The number of H-pyrrole nitrogens is 2. The SMILES string of the molecule is O=c1[nH]nc2ccc(=S)[nH]n12. The quantitative estimate of drug-likeness (QED) is 0.547. The number of fused-ring (bicyclic) bond motifs is 1. The maximum Gasteiger partial charge on any atom is 0.362 e. The first kappa shape index (κ1) is 6.29. The lowest BCUT2D eigenvalue weighted by atomic mass is 10.6. The van der Waals surface area contributed by atoms with E-state index in [1.54, 1.807) is 12.1 Å². The van der Waals surface area contributed by atoms with Gasteiger partial charge in [0.2, 0.25) is 0 Å². The Bertz CT molecular complexity index is 493. The van der Waals surface area contributed by atoms with E-state index in [-0.39, 0.29) is 5.69 Å². The zero-order chi connectivity index (χ0) is 7.84. The van der Waals surface area contributed by atoms with Crippen molar-refractivity contribution in [3.8, 4) is 0 Å². The van der Waals surface area contributed by atoms with Crippen LogP contribution in [0, 0.1) is 4.64 Å². The van der Waals surface area contributed by atoms with Crippen molar-refractivity contribution in [2.75, 3.05) is 0 Å². The molecule has 0 aliphatic heterocycles. The molecule has 2 heterocycles. The summed E-state index contributed by atoms with van der Waals surface area (Å²) in [4.78, 5) is 10.9. The minimum atomic E-state index is -0.313. The van der Waals surface area contributed by atoms with Crippen LogP contribution in [0.5, 0.6) is 0 Å². The van der Waals surface area contributed by atoms with Crippen LogP contribution in [0.25, 0.3) is 5.65 Å². The van der Waals surface area contributed by atoms with E-state index in [4.69, 9.17) is 12.2 Å².